The number of aryl methyl sites for hydroxylation is 1. The van der Waals surface area contributed by atoms with Crippen LogP contribution in [0.25, 0.3) is 0 Å². The van der Waals surface area contributed by atoms with E-state index in [4.69, 9.17) is 9.47 Å². The summed E-state index contributed by atoms with van der Waals surface area (Å²) >= 11 is -1.71. The fourth-order valence-electron chi connectivity index (χ4n) is 5.25. The Balaban J connectivity index is 1.68. The molecule has 1 atom stereocenters. The molecule has 0 spiro atoms. The predicted molar refractivity (Wildman–Crippen MR) is 162 cm³/mol. The van der Waals surface area contributed by atoms with Gasteiger partial charge in [-0.1, -0.05) is 64.1 Å². The molecule has 0 fully saturated rings. The minimum atomic E-state index is -2.38. The standard InChI is InChI=1S/C31H33F3O4S3/c1-19-16-25-26(30(4,5)15-14-29(25,2)3)17-24(19)27(21-8-10-22(11-9-21)28(35)36)37-18-20-6-12-23(13-7-20)38-31(39-32,40-33)41-34/h6-13,16-17,27H,14-15,18H2,1-5H3,(H,35,36). The molecule has 3 aromatic rings. The summed E-state index contributed by atoms with van der Waals surface area (Å²) in [5, 5.41) is 9.40. The van der Waals surface area contributed by atoms with Gasteiger partial charge in [0.1, 0.15) is 48.3 Å². The lowest BCUT2D eigenvalue weighted by Gasteiger charge is -2.42. The third-order valence-electron chi connectivity index (χ3n) is 7.85. The molecule has 10 heteroatoms. The van der Waals surface area contributed by atoms with Crippen LogP contribution >= 0.6 is 36.4 Å². The average Bonchev–Trinajstić information content (AvgIpc) is 2.96. The predicted octanol–water partition coefficient (Wildman–Crippen LogP) is 10.2. The van der Waals surface area contributed by atoms with Gasteiger partial charge in [0.25, 0.3) is 0 Å². The summed E-state index contributed by atoms with van der Waals surface area (Å²) in [6.07, 6.45) is 1.68. The molecule has 0 saturated heterocycles. The molecule has 0 aliphatic heterocycles. The number of carbonyl (C=O) groups is 1. The summed E-state index contributed by atoms with van der Waals surface area (Å²) in [7, 11) is 0. The number of halogens is 3. The van der Waals surface area contributed by atoms with E-state index in [9.17, 15) is 21.6 Å². The molecule has 0 radical (unpaired) electrons. The smallest absolute Gasteiger partial charge is 0.338 e. The van der Waals surface area contributed by atoms with Crippen molar-refractivity contribution < 1.29 is 31.0 Å². The summed E-state index contributed by atoms with van der Waals surface area (Å²) in [6, 6.07) is 17.6. The molecule has 0 heterocycles. The summed E-state index contributed by atoms with van der Waals surface area (Å²) in [5.74, 6) is -0.900. The van der Waals surface area contributed by atoms with E-state index in [0.717, 1.165) is 35.1 Å². The van der Waals surface area contributed by atoms with Crippen LogP contribution < -0.4 is 4.74 Å². The van der Waals surface area contributed by atoms with Crippen LogP contribution in [-0.4, -0.2) is 14.7 Å². The number of carboxylic acid groups (broad SMARTS) is 1. The molecule has 1 aliphatic carbocycles. The Bertz CT molecular complexity index is 1370. The fraction of sp³-hybridized carbons (Fsp3) is 0.387. The highest BCUT2D eigenvalue weighted by Crippen LogP contribution is 2.50. The minimum Gasteiger partial charge on any atom is -0.478 e. The molecule has 0 aromatic heterocycles. The maximum atomic E-state index is 13.1. The Hall–Kier alpha value is -2.27. The van der Waals surface area contributed by atoms with Crippen molar-refractivity contribution in [1.82, 2.24) is 0 Å². The largest absolute Gasteiger partial charge is 0.478 e. The van der Waals surface area contributed by atoms with E-state index in [-0.39, 0.29) is 28.7 Å². The van der Waals surface area contributed by atoms with Gasteiger partial charge in [-0.15, -0.1) is 0 Å². The Morgan fingerprint density at radius 1 is 0.902 bits per heavy atom. The van der Waals surface area contributed by atoms with E-state index < -0.39 is 52.1 Å². The van der Waals surface area contributed by atoms with Crippen LogP contribution in [-0.2, 0) is 22.2 Å². The zero-order valence-electron chi connectivity index (χ0n) is 23.5. The highest BCUT2D eigenvalue weighted by atomic mass is 32.3. The topological polar surface area (TPSA) is 55.8 Å². The van der Waals surface area contributed by atoms with Crippen molar-refractivity contribution in [2.75, 3.05) is 0 Å². The number of fused-ring (bicyclic) bond motifs is 1. The van der Waals surface area contributed by atoms with Gasteiger partial charge >= 0.3 is 9.57 Å². The second kappa shape index (κ2) is 12.5. The third kappa shape index (κ3) is 6.87. The van der Waals surface area contributed by atoms with Crippen molar-refractivity contribution in [3.63, 3.8) is 0 Å². The van der Waals surface area contributed by atoms with Crippen molar-refractivity contribution in [1.29, 1.82) is 0 Å². The molecule has 4 rings (SSSR count). The first-order valence-corrected chi connectivity index (χ1v) is 15.3. The molecule has 220 valence electrons. The van der Waals surface area contributed by atoms with Crippen molar-refractivity contribution in [2.45, 2.75) is 74.6 Å². The van der Waals surface area contributed by atoms with Crippen LogP contribution in [0.2, 0.25) is 0 Å². The summed E-state index contributed by atoms with van der Waals surface area (Å²) in [6.45, 7) is 11.3. The highest BCUT2D eigenvalue weighted by molar-refractivity contribution is 8.29. The zero-order valence-corrected chi connectivity index (χ0v) is 26.0. The SMILES string of the molecule is Cc1cc2c(cc1C(OCc1ccc(OC(SF)(SF)SF)cc1)c1ccc(C(=O)O)cc1)C(C)(C)CCC2(C)C. The number of aromatic carboxylic acids is 1. The number of hydrogen-bond donors (Lipinski definition) is 1. The number of hydrogen-bond acceptors (Lipinski definition) is 6. The van der Waals surface area contributed by atoms with Crippen LogP contribution in [0.1, 0.15) is 90.4 Å². The molecule has 41 heavy (non-hydrogen) atoms. The van der Waals surface area contributed by atoms with Gasteiger partial charge in [0.05, 0.1) is 12.2 Å². The van der Waals surface area contributed by atoms with Crippen LogP contribution in [0.3, 0.4) is 0 Å². The molecule has 1 unspecified atom stereocenters. The second-order valence-corrected chi connectivity index (χ2v) is 14.6. The molecule has 0 amide bonds. The van der Waals surface area contributed by atoms with Crippen molar-refractivity contribution >= 4 is 42.4 Å². The van der Waals surface area contributed by atoms with Gasteiger partial charge in [-0.2, -0.15) is 11.7 Å². The van der Waals surface area contributed by atoms with E-state index in [0.29, 0.717) is 0 Å². The maximum absolute atomic E-state index is 13.1. The van der Waals surface area contributed by atoms with Gasteiger partial charge < -0.3 is 14.6 Å². The first-order valence-electron chi connectivity index (χ1n) is 13.1. The van der Waals surface area contributed by atoms with Gasteiger partial charge in [-0.3, -0.25) is 0 Å². The van der Waals surface area contributed by atoms with Gasteiger partial charge in [0.2, 0.25) is 0 Å². The van der Waals surface area contributed by atoms with Gasteiger partial charge in [0, 0.05) is 0 Å². The van der Waals surface area contributed by atoms with Crippen LogP contribution in [0.15, 0.2) is 60.7 Å². The quantitative estimate of drug-likeness (QED) is 0.214. The first-order chi connectivity index (χ1) is 19.3. The lowest BCUT2D eigenvalue weighted by molar-refractivity contribution is 0.0657. The maximum Gasteiger partial charge on any atom is 0.338 e. The molecule has 1 aliphatic rings. The minimum absolute atomic E-state index is 0.0102. The van der Waals surface area contributed by atoms with E-state index in [1.807, 2.05) is 0 Å². The van der Waals surface area contributed by atoms with Crippen molar-refractivity contribution in [2.24, 2.45) is 0 Å². The third-order valence-corrected chi connectivity index (χ3v) is 9.80. The lowest BCUT2D eigenvalue weighted by Crippen LogP contribution is -2.34. The van der Waals surface area contributed by atoms with Gasteiger partial charge in [-0.05, 0) is 88.2 Å². The first kappa shape index (κ1) is 31.7. The molecule has 0 saturated carbocycles. The number of benzene rings is 3. The average molecular weight is 623 g/mol. The van der Waals surface area contributed by atoms with Gasteiger partial charge in [-0.25, -0.2) is 4.79 Å². The van der Waals surface area contributed by atoms with E-state index in [1.54, 1.807) is 36.4 Å². The molecular formula is C31H33F3O4S3. The highest BCUT2D eigenvalue weighted by Gasteiger charge is 2.40. The molecule has 4 nitrogen and oxygen atoms in total. The fourth-order valence-corrected chi connectivity index (χ4v) is 5.92. The molecule has 3 aromatic carbocycles. The second-order valence-electron chi connectivity index (χ2n) is 11.6. The lowest BCUT2D eigenvalue weighted by atomic mass is 9.62. The summed E-state index contributed by atoms with van der Waals surface area (Å²) in [4.78, 5) is 11.5. The van der Waals surface area contributed by atoms with Crippen LogP contribution in [0, 0.1) is 6.92 Å². The number of rotatable bonds is 11. The Morgan fingerprint density at radius 3 is 1.95 bits per heavy atom. The Labute approximate surface area is 252 Å². The van der Waals surface area contributed by atoms with Crippen molar-refractivity contribution in [3.05, 3.63) is 99.6 Å². The van der Waals surface area contributed by atoms with Gasteiger partial charge in [0.15, 0.2) is 0 Å². The van der Waals surface area contributed by atoms with Crippen molar-refractivity contribution in [3.8, 4) is 5.75 Å². The molecule has 1 N–H and O–H groups in total. The van der Waals surface area contributed by atoms with E-state index in [2.05, 4.69) is 46.8 Å². The molecule has 0 bridgehead atoms. The number of carboxylic acids is 1. The van der Waals surface area contributed by atoms with Crippen LogP contribution in [0.5, 0.6) is 5.75 Å². The van der Waals surface area contributed by atoms with E-state index in [1.165, 1.54) is 23.3 Å². The monoisotopic (exact) mass is 622 g/mol. The zero-order chi connectivity index (χ0) is 30.0. The molecular weight excluding hydrogens is 590 g/mol. The number of ether oxygens (including phenoxy) is 2. The summed E-state index contributed by atoms with van der Waals surface area (Å²) < 4.78 is 48.7. The summed E-state index contributed by atoms with van der Waals surface area (Å²) in [5.41, 5.74) is 6.52. The normalized spacial score (nSPS) is 16.6. The van der Waals surface area contributed by atoms with E-state index >= 15 is 0 Å². The Kier molecular flexibility index (Phi) is 9.68. The Morgan fingerprint density at radius 2 is 1.44 bits per heavy atom. The van der Waals surface area contributed by atoms with Crippen LogP contribution in [0.4, 0.5) is 11.7 Å².